The summed E-state index contributed by atoms with van der Waals surface area (Å²) in [5, 5.41) is 2.44. The van der Waals surface area contributed by atoms with E-state index < -0.39 is 29.7 Å². The molecule has 0 aromatic heterocycles. The lowest BCUT2D eigenvalue weighted by molar-refractivity contribution is -0.0112. The van der Waals surface area contributed by atoms with Crippen LogP contribution in [0.15, 0.2) is 12.1 Å². The summed E-state index contributed by atoms with van der Waals surface area (Å²) in [4.78, 5) is 0. The fraction of sp³-hybridized carbons (Fsp3) is 0.333. The van der Waals surface area contributed by atoms with E-state index in [1.165, 1.54) is 0 Å². The second-order valence-corrected chi connectivity index (χ2v) is 3.23. The van der Waals surface area contributed by atoms with E-state index in [1.807, 2.05) is 0 Å². The third-order valence-corrected chi connectivity index (χ3v) is 2.20. The van der Waals surface area contributed by atoms with Gasteiger partial charge in [-0.2, -0.15) is 8.78 Å². The predicted octanol–water partition coefficient (Wildman–Crippen LogP) is 2.16. The molecule has 0 saturated carbocycles. The number of alkyl halides is 2. The maximum absolute atomic E-state index is 13.2. The van der Waals surface area contributed by atoms with Gasteiger partial charge in [0.2, 0.25) is 0 Å². The van der Waals surface area contributed by atoms with Crippen LogP contribution in [-0.2, 0) is 12.5 Å². The van der Waals surface area contributed by atoms with Crippen molar-refractivity contribution in [2.75, 3.05) is 6.54 Å². The lowest BCUT2D eigenvalue weighted by atomic mass is 9.97. The van der Waals surface area contributed by atoms with Crippen LogP contribution in [0.2, 0.25) is 0 Å². The van der Waals surface area contributed by atoms with Crippen molar-refractivity contribution in [2.45, 2.75) is 12.5 Å². The molecule has 0 spiro atoms. The molecule has 0 unspecified atom stereocenters. The molecule has 76 valence electrons. The molecule has 0 fully saturated rings. The molecule has 1 aliphatic rings. The summed E-state index contributed by atoms with van der Waals surface area (Å²) < 4.78 is 51.7. The first kappa shape index (κ1) is 9.45. The highest BCUT2D eigenvalue weighted by atomic mass is 19.3. The first-order valence-corrected chi connectivity index (χ1v) is 4.07. The van der Waals surface area contributed by atoms with Crippen molar-refractivity contribution in [2.24, 2.45) is 0 Å². The van der Waals surface area contributed by atoms with Crippen molar-refractivity contribution >= 4 is 0 Å². The van der Waals surface area contributed by atoms with Gasteiger partial charge in [0, 0.05) is 12.1 Å². The van der Waals surface area contributed by atoms with Gasteiger partial charge in [0.1, 0.15) is 0 Å². The quantitative estimate of drug-likeness (QED) is 0.640. The van der Waals surface area contributed by atoms with E-state index in [4.69, 9.17) is 0 Å². The molecule has 5 heteroatoms. The molecule has 0 aliphatic carbocycles. The Kier molecular flexibility index (Phi) is 1.99. The van der Waals surface area contributed by atoms with Gasteiger partial charge in [-0.25, -0.2) is 8.78 Å². The van der Waals surface area contributed by atoms with Crippen molar-refractivity contribution in [3.63, 3.8) is 0 Å². The molecule has 2 rings (SSSR count). The van der Waals surface area contributed by atoms with Gasteiger partial charge in [0.15, 0.2) is 11.6 Å². The van der Waals surface area contributed by atoms with Gasteiger partial charge in [-0.15, -0.1) is 0 Å². The Bertz CT molecular complexity index is 375. The zero-order valence-electron chi connectivity index (χ0n) is 7.08. The number of halogens is 4. The molecule has 0 bridgehead atoms. The lowest BCUT2D eigenvalue weighted by Gasteiger charge is -2.25. The maximum atomic E-state index is 13.2. The van der Waals surface area contributed by atoms with Crippen LogP contribution in [0.25, 0.3) is 0 Å². The van der Waals surface area contributed by atoms with E-state index >= 15 is 0 Å². The molecular formula is C9H7F4N. The molecule has 1 N–H and O–H groups in total. The smallest absolute Gasteiger partial charge is 0.285 e. The third-order valence-electron chi connectivity index (χ3n) is 2.20. The minimum Gasteiger partial charge on any atom is -0.307 e. The number of benzene rings is 1. The first-order chi connectivity index (χ1) is 6.50. The predicted molar refractivity (Wildman–Crippen MR) is 42.0 cm³/mol. The van der Waals surface area contributed by atoms with Gasteiger partial charge >= 0.3 is 0 Å². The van der Waals surface area contributed by atoms with Gasteiger partial charge in [0.25, 0.3) is 5.92 Å². The number of nitrogens with one attached hydrogen (secondary N) is 1. The normalized spacial score (nSPS) is 19.1. The largest absolute Gasteiger partial charge is 0.307 e. The van der Waals surface area contributed by atoms with Crippen LogP contribution < -0.4 is 5.32 Å². The summed E-state index contributed by atoms with van der Waals surface area (Å²) in [6, 6.07) is 1.39. The lowest BCUT2D eigenvalue weighted by Crippen LogP contribution is -2.37. The summed E-state index contributed by atoms with van der Waals surface area (Å²) in [6.07, 6.45) is 0. The van der Waals surface area contributed by atoms with Gasteiger partial charge in [-0.1, -0.05) is 0 Å². The van der Waals surface area contributed by atoms with Gasteiger partial charge in [-0.05, 0) is 17.7 Å². The Morgan fingerprint density at radius 1 is 1.14 bits per heavy atom. The zero-order valence-corrected chi connectivity index (χ0v) is 7.08. The van der Waals surface area contributed by atoms with E-state index in [1.54, 1.807) is 0 Å². The van der Waals surface area contributed by atoms with Crippen LogP contribution in [-0.4, -0.2) is 6.54 Å². The Balaban J connectivity index is 2.59. The average Bonchev–Trinajstić information content (AvgIpc) is 2.08. The molecule has 0 radical (unpaired) electrons. The molecule has 1 aromatic rings. The molecule has 0 saturated heterocycles. The summed E-state index contributed by atoms with van der Waals surface area (Å²) >= 11 is 0. The van der Waals surface area contributed by atoms with Crippen LogP contribution in [0.5, 0.6) is 0 Å². The molecule has 1 heterocycles. The van der Waals surface area contributed by atoms with Crippen molar-refractivity contribution in [1.82, 2.24) is 5.32 Å². The van der Waals surface area contributed by atoms with Crippen LogP contribution in [0, 0.1) is 11.6 Å². The Labute approximate surface area is 77.7 Å². The molecule has 1 aromatic carbocycles. The van der Waals surface area contributed by atoms with Crippen molar-refractivity contribution < 1.29 is 17.6 Å². The van der Waals surface area contributed by atoms with Gasteiger partial charge in [-0.3, -0.25) is 0 Å². The third kappa shape index (κ3) is 1.37. The van der Waals surface area contributed by atoms with E-state index in [9.17, 15) is 17.6 Å². The van der Waals surface area contributed by atoms with Crippen LogP contribution >= 0.6 is 0 Å². The maximum Gasteiger partial charge on any atom is 0.285 e. The van der Waals surface area contributed by atoms with Crippen molar-refractivity contribution in [3.8, 4) is 0 Å². The van der Waals surface area contributed by atoms with Crippen LogP contribution in [0.3, 0.4) is 0 Å². The standard InChI is InChI=1S/C9H7F4N/c10-7-1-5-3-14-4-9(12,13)6(5)2-8(7)11/h1-2,14H,3-4H2. The van der Waals surface area contributed by atoms with Crippen LogP contribution in [0.1, 0.15) is 11.1 Å². The van der Waals surface area contributed by atoms with E-state index in [0.717, 1.165) is 6.07 Å². The molecule has 1 aliphatic heterocycles. The molecule has 0 atom stereocenters. The monoisotopic (exact) mass is 205 g/mol. The summed E-state index contributed by atoms with van der Waals surface area (Å²) in [5.74, 6) is -5.45. The Hall–Kier alpha value is -1.10. The van der Waals surface area contributed by atoms with Crippen molar-refractivity contribution in [3.05, 3.63) is 34.9 Å². The van der Waals surface area contributed by atoms with E-state index in [2.05, 4.69) is 5.32 Å². The van der Waals surface area contributed by atoms with E-state index in [-0.39, 0.29) is 12.1 Å². The van der Waals surface area contributed by atoms with Gasteiger partial charge < -0.3 is 5.32 Å². The topological polar surface area (TPSA) is 12.0 Å². The summed E-state index contributed by atoms with van der Waals surface area (Å²) in [5.41, 5.74) is -0.310. The van der Waals surface area contributed by atoms with E-state index in [0.29, 0.717) is 6.07 Å². The molecule has 1 nitrogen and oxygen atoms in total. The Morgan fingerprint density at radius 3 is 2.50 bits per heavy atom. The minimum atomic E-state index is -3.12. The fourth-order valence-corrected chi connectivity index (χ4v) is 1.52. The SMILES string of the molecule is Fc1cc2c(cc1F)C(F)(F)CNC2. The molecule has 14 heavy (non-hydrogen) atoms. The number of fused-ring (bicyclic) bond motifs is 1. The summed E-state index contributed by atoms with van der Waals surface area (Å²) in [6.45, 7) is -0.396. The van der Waals surface area contributed by atoms with Gasteiger partial charge in [0.05, 0.1) is 6.54 Å². The number of hydrogen-bond donors (Lipinski definition) is 1. The molecule has 0 amide bonds. The Morgan fingerprint density at radius 2 is 1.79 bits per heavy atom. The van der Waals surface area contributed by atoms with Crippen molar-refractivity contribution in [1.29, 1.82) is 0 Å². The number of hydrogen-bond acceptors (Lipinski definition) is 1. The fourth-order valence-electron chi connectivity index (χ4n) is 1.52. The van der Waals surface area contributed by atoms with Crippen LogP contribution in [0.4, 0.5) is 17.6 Å². The highest BCUT2D eigenvalue weighted by Gasteiger charge is 2.37. The second kappa shape index (κ2) is 2.95. The first-order valence-electron chi connectivity index (χ1n) is 4.07. The molecular weight excluding hydrogens is 198 g/mol. The highest BCUT2D eigenvalue weighted by Crippen LogP contribution is 2.34. The highest BCUT2D eigenvalue weighted by molar-refractivity contribution is 5.34. The zero-order chi connectivity index (χ0) is 10.3. The minimum absolute atomic E-state index is 0.111. The average molecular weight is 205 g/mol. The second-order valence-electron chi connectivity index (χ2n) is 3.23. The summed E-state index contributed by atoms with van der Waals surface area (Å²) in [7, 11) is 0. The number of rotatable bonds is 0.